The zero-order chi connectivity index (χ0) is 13.3. The Bertz CT molecular complexity index is 557. The van der Waals surface area contributed by atoms with Crippen molar-refractivity contribution in [2.45, 2.75) is 19.9 Å². The van der Waals surface area contributed by atoms with Gasteiger partial charge >= 0.3 is 5.97 Å². The molecule has 0 aromatic heterocycles. The molecular formula is C14H14N2O2. The van der Waals surface area contributed by atoms with Gasteiger partial charge in [-0.25, -0.2) is 4.79 Å². The molecule has 0 spiro atoms. The molecule has 2 rings (SSSR count). The standard InChI is InChI=1S/C14H14N2O2/c1-9-6-13(14(17)18)16(10(9)2)12-5-3-4-11(7-12)8-15/h3-7,9-10H,1-2H3,(H,17,18). The molecule has 92 valence electrons. The van der Waals surface area contributed by atoms with Crippen molar-refractivity contribution in [3.63, 3.8) is 0 Å². The number of benzene rings is 1. The molecule has 1 aliphatic rings. The van der Waals surface area contributed by atoms with Gasteiger partial charge in [0.15, 0.2) is 0 Å². The lowest BCUT2D eigenvalue weighted by Gasteiger charge is -2.27. The van der Waals surface area contributed by atoms with Crippen molar-refractivity contribution in [2.24, 2.45) is 5.92 Å². The Morgan fingerprint density at radius 2 is 2.17 bits per heavy atom. The summed E-state index contributed by atoms with van der Waals surface area (Å²) in [5, 5.41) is 18.1. The predicted octanol–water partition coefficient (Wildman–Crippen LogP) is 2.37. The lowest BCUT2D eigenvalue weighted by molar-refractivity contribution is -0.132. The highest BCUT2D eigenvalue weighted by molar-refractivity contribution is 5.92. The van der Waals surface area contributed by atoms with Crippen molar-refractivity contribution in [3.8, 4) is 6.07 Å². The highest BCUT2D eigenvalue weighted by atomic mass is 16.4. The van der Waals surface area contributed by atoms with Crippen LogP contribution >= 0.6 is 0 Å². The summed E-state index contributed by atoms with van der Waals surface area (Å²) in [6, 6.07) is 9.15. The van der Waals surface area contributed by atoms with Crippen LogP contribution in [0.1, 0.15) is 19.4 Å². The van der Waals surface area contributed by atoms with Crippen molar-refractivity contribution in [3.05, 3.63) is 41.6 Å². The molecule has 0 amide bonds. The summed E-state index contributed by atoms with van der Waals surface area (Å²) in [6.07, 6.45) is 1.76. The third-order valence-electron chi connectivity index (χ3n) is 3.32. The quantitative estimate of drug-likeness (QED) is 0.864. The van der Waals surface area contributed by atoms with Crippen molar-refractivity contribution in [1.29, 1.82) is 5.26 Å². The number of nitriles is 1. The topological polar surface area (TPSA) is 64.3 Å². The van der Waals surface area contributed by atoms with Gasteiger partial charge in [-0.3, -0.25) is 0 Å². The molecule has 0 fully saturated rings. The molecule has 1 aromatic carbocycles. The predicted molar refractivity (Wildman–Crippen MR) is 68.0 cm³/mol. The van der Waals surface area contributed by atoms with Crippen LogP contribution in [0.4, 0.5) is 5.69 Å². The highest BCUT2D eigenvalue weighted by Crippen LogP contribution is 2.32. The minimum atomic E-state index is -0.937. The van der Waals surface area contributed by atoms with Crippen molar-refractivity contribution >= 4 is 11.7 Å². The minimum Gasteiger partial charge on any atom is -0.477 e. The van der Waals surface area contributed by atoms with Crippen LogP contribution in [0.3, 0.4) is 0 Å². The summed E-state index contributed by atoms with van der Waals surface area (Å²) in [5.41, 5.74) is 1.56. The number of aliphatic carboxylic acids is 1. The molecule has 1 N–H and O–H groups in total. The van der Waals surface area contributed by atoms with Crippen LogP contribution in [0.15, 0.2) is 36.0 Å². The molecule has 1 heterocycles. The second kappa shape index (κ2) is 4.53. The molecule has 0 bridgehead atoms. The number of rotatable bonds is 2. The van der Waals surface area contributed by atoms with Crippen LogP contribution in [-0.4, -0.2) is 17.1 Å². The highest BCUT2D eigenvalue weighted by Gasteiger charge is 2.33. The maximum Gasteiger partial charge on any atom is 0.352 e. The van der Waals surface area contributed by atoms with Crippen LogP contribution in [0.5, 0.6) is 0 Å². The van der Waals surface area contributed by atoms with Gasteiger partial charge in [0.05, 0.1) is 11.6 Å². The summed E-state index contributed by atoms with van der Waals surface area (Å²) >= 11 is 0. The molecule has 2 atom stereocenters. The first-order valence-corrected chi connectivity index (χ1v) is 5.79. The first kappa shape index (κ1) is 12.2. The zero-order valence-corrected chi connectivity index (χ0v) is 10.3. The summed E-state index contributed by atoms with van der Waals surface area (Å²) in [4.78, 5) is 13.0. The van der Waals surface area contributed by atoms with Gasteiger partial charge in [0.2, 0.25) is 0 Å². The number of hydrogen-bond acceptors (Lipinski definition) is 3. The summed E-state index contributed by atoms with van der Waals surface area (Å²) in [6.45, 7) is 3.97. The van der Waals surface area contributed by atoms with Gasteiger partial charge in [0.25, 0.3) is 0 Å². The lowest BCUT2D eigenvalue weighted by Crippen LogP contribution is -2.33. The second-order valence-corrected chi connectivity index (χ2v) is 4.49. The number of nitrogens with zero attached hydrogens (tertiary/aromatic N) is 2. The first-order valence-electron chi connectivity index (χ1n) is 5.79. The summed E-state index contributed by atoms with van der Waals surface area (Å²) < 4.78 is 0. The van der Waals surface area contributed by atoms with Crippen LogP contribution in [0.25, 0.3) is 0 Å². The van der Waals surface area contributed by atoms with E-state index in [2.05, 4.69) is 6.07 Å². The number of carboxylic acids is 1. The van der Waals surface area contributed by atoms with E-state index < -0.39 is 5.97 Å². The van der Waals surface area contributed by atoms with Gasteiger partial charge in [-0.15, -0.1) is 0 Å². The molecule has 2 unspecified atom stereocenters. The van der Waals surface area contributed by atoms with Crippen LogP contribution in [0, 0.1) is 17.2 Å². The fourth-order valence-corrected chi connectivity index (χ4v) is 2.20. The molecule has 1 aliphatic heterocycles. The van der Waals surface area contributed by atoms with E-state index >= 15 is 0 Å². The third-order valence-corrected chi connectivity index (χ3v) is 3.32. The fourth-order valence-electron chi connectivity index (χ4n) is 2.20. The maximum atomic E-state index is 11.3. The SMILES string of the molecule is CC1C=C(C(=O)O)N(c2cccc(C#N)c2)C1C. The number of hydrogen-bond donors (Lipinski definition) is 1. The molecule has 4 heteroatoms. The van der Waals surface area contributed by atoms with Crippen LogP contribution in [-0.2, 0) is 4.79 Å². The smallest absolute Gasteiger partial charge is 0.352 e. The van der Waals surface area contributed by atoms with E-state index in [1.165, 1.54) is 0 Å². The molecule has 4 nitrogen and oxygen atoms in total. The monoisotopic (exact) mass is 242 g/mol. The molecule has 18 heavy (non-hydrogen) atoms. The van der Waals surface area contributed by atoms with E-state index in [0.29, 0.717) is 5.56 Å². The summed E-state index contributed by atoms with van der Waals surface area (Å²) in [5.74, 6) is -0.768. The summed E-state index contributed by atoms with van der Waals surface area (Å²) in [7, 11) is 0. The van der Waals surface area contributed by atoms with Crippen molar-refractivity contribution in [2.75, 3.05) is 4.90 Å². The molecule has 0 saturated heterocycles. The molecule has 0 aliphatic carbocycles. The Labute approximate surface area is 106 Å². The normalized spacial score (nSPS) is 22.5. The van der Waals surface area contributed by atoms with Gasteiger partial charge in [0, 0.05) is 11.7 Å². The van der Waals surface area contributed by atoms with Crippen molar-refractivity contribution < 1.29 is 9.90 Å². The Balaban J connectivity index is 2.45. The average molecular weight is 242 g/mol. The van der Waals surface area contributed by atoms with Crippen molar-refractivity contribution in [1.82, 2.24) is 0 Å². The number of anilines is 1. The van der Waals surface area contributed by atoms with E-state index in [0.717, 1.165) is 5.69 Å². The van der Waals surface area contributed by atoms with Gasteiger partial charge in [-0.1, -0.05) is 13.0 Å². The number of carboxylic acid groups (broad SMARTS) is 1. The maximum absolute atomic E-state index is 11.3. The molecule has 1 aromatic rings. The third kappa shape index (κ3) is 1.95. The van der Waals surface area contributed by atoms with Crippen LogP contribution in [0.2, 0.25) is 0 Å². The Morgan fingerprint density at radius 3 is 2.78 bits per heavy atom. The number of carbonyl (C=O) groups is 1. The lowest BCUT2D eigenvalue weighted by atomic mass is 10.1. The second-order valence-electron chi connectivity index (χ2n) is 4.49. The van der Waals surface area contributed by atoms with Gasteiger partial charge in [0.1, 0.15) is 5.70 Å². The van der Waals surface area contributed by atoms with Gasteiger partial charge < -0.3 is 10.0 Å². The fraction of sp³-hybridized carbons (Fsp3) is 0.286. The van der Waals surface area contributed by atoms with Gasteiger partial charge in [-0.05, 0) is 37.1 Å². The average Bonchev–Trinajstić information content (AvgIpc) is 2.66. The Kier molecular flexibility index (Phi) is 3.07. The molecule has 0 radical (unpaired) electrons. The molecule has 0 saturated carbocycles. The van der Waals surface area contributed by atoms with E-state index in [1.807, 2.05) is 19.9 Å². The first-order chi connectivity index (χ1) is 8.54. The Morgan fingerprint density at radius 1 is 1.44 bits per heavy atom. The zero-order valence-electron chi connectivity index (χ0n) is 10.3. The Hall–Kier alpha value is -2.28. The minimum absolute atomic E-state index is 0.0741. The van der Waals surface area contributed by atoms with Crippen LogP contribution < -0.4 is 4.90 Å². The van der Waals surface area contributed by atoms with E-state index in [-0.39, 0.29) is 17.7 Å². The van der Waals surface area contributed by atoms with E-state index in [9.17, 15) is 9.90 Å². The van der Waals surface area contributed by atoms with E-state index in [1.54, 1.807) is 29.2 Å². The largest absolute Gasteiger partial charge is 0.477 e. The molecular weight excluding hydrogens is 228 g/mol. The van der Waals surface area contributed by atoms with E-state index in [4.69, 9.17) is 5.26 Å². The van der Waals surface area contributed by atoms with Gasteiger partial charge in [-0.2, -0.15) is 5.26 Å².